The largest absolute Gasteiger partial charge is 0.517 e. The van der Waals surface area contributed by atoms with Gasteiger partial charge in [-0.15, -0.1) is 6.58 Å². The van der Waals surface area contributed by atoms with E-state index in [9.17, 15) is 0 Å². The van der Waals surface area contributed by atoms with Crippen molar-refractivity contribution in [2.75, 3.05) is 6.61 Å². The highest BCUT2D eigenvalue weighted by molar-refractivity contribution is 6.71. The molecule has 1 aromatic rings. The summed E-state index contributed by atoms with van der Waals surface area (Å²) in [4.78, 5) is 0. The second-order valence-electron chi connectivity index (χ2n) is 5.00. The van der Waals surface area contributed by atoms with Crippen LogP contribution in [0.15, 0.2) is 36.5 Å². The van der Waals surface area contributed by atoms with Gasteiger partial charge in [-0.3, -0.25) is 0 Å². The molecule has 0 fully saturated rings. The maximum atomic E-state index is 6.09. The SMILES string of the molecule is C=C[Si](C)(OCCCCCC)Oc1ccccc1C. The van der Waals surface area contributed by atoms with Crippen molar-refractivity contribution in [1.29, 1.82) is 0 Å². The number of hydrogen-bond acceptors (Lipinski definition) is 2. The van der Waals surface area contributed by atoms with Gasteiger partial charge in [0.25, 0.3) is 0 Å². The lowest BCUT2D eigenvalue weighted by molar-refractivity contribution is 0.245. The fourth-order valence-electron chi connectivity index (χ4n) is 1.82. The number of aryl methyl sites for hydroxylation is 1. The Bertz CT molecular complexity index is 392. The van der Waals surface area contributed by atoms with Crippen molar-refractivity contribution in [2.24, 2.45) is 0 Å². The average Bonchev–Trinajstić information content (AvgIpc) is 2.41. The monoisotopic (exact) mass is 278 g/mol. The molecule has 0 aromatic heterocycles. The predicted molar refractivity (Wildman–Crippen MR) is 83.7 cm³/mol. The molecule has 1 unspecified atom stereocenters. The van der Waals surface area contributed by atoms with Crippen LogP contribution in [0, 0.1) is 6.92 Å². The van der Waals surface area contributed by atoms with Crippen LogP contribution in [0.1, 0.15) is 38.2 Å². The van der Waals surface area contributed by atoms with E-state index >= 15 is 0 Å². The Balaban J connectivity index is 2.51. The minimum Gasteiger partial charge on any atom is -0.517 e. The van der Waals surface area contributed by atoms with Crippen molar-refractivity contribution in [1.82, 2.24) is 0 Å². The fraction of sp³-hybridized carbons (Fsp3) is 0.500. The van der Waals surface area contributed by atoms with E-state index in [0.717, 1.165) is 24.3 Å². The molecule has 0 amide bonds. The number of para-hydroxylation sites is 1. The van der Waals surface area contributed by atoms with Crippen molar-refractivity contribution in [2.45, 2.75) is 46.1 Å². The molecule has 106 valence electrons. The number of unbranched alkanes of at least 4 members (excludes halogenated alkanes) is 3. The van der Waals surface area contributed by atoms with E-state index in [1.54, 1.807) is 0 Å². The second kappa shape index (κ2) is 8.18. The van der Waals surface area contributed by atoms with E-state index in [0.29, 0.717) is 0 Å². The summed E-state index contributed by atoms with van der Waals surface area (Å²) < 4.78 is 12.1. The fourth-order valence-corrected chi connectivity index (χ4v) is 3.30. The van der Waals surface area contributed by atoms with Gasteiger partial charge in [-0.1, -0.05) is 44.4 Å². The first-order valence-corrected chi connectivity index (χ1v) is 9.53. The lowest BCUT2D eigenvalue weighted by Gasteiger charge is -2.25. The van der Waals surface area contributed by atoms with Crippen LogP contribution in [0.5, 0.6) is 5.75 Å². The molecule has 0 bridgehead atoms. The van der Waals surface area contributed by atoms with E-state index in [2.05, 4.69) is 26.5 Å². The smallest absolute Gasteiger partial charge is 0.422 e. The Morgan fingerprint density at radius 1 is 1.21 bits per heavy atom. The van der Waals surface area contributed by atoms with Crippen molar-refractivity contribution in [3.63, 3.8) is 0 Å². The summed E-state index contributed by atoms with van der Waals surface area (Å²) in [7, 11) is -2.29. The number of hydrogen-bond donors (Lipinski definition) is 0. The van der Waals surface area contributed by atoms with Crippen LogP contribution in [0.2, 0.25) is 6.55 Å². The van der Waals surface area contributed by atoms with Crippen molar-refractivity contribution in [3.05, 3.63) is 42.1 Å². The average molecular weight is 278 g/mol. The second-order valence-corrected chi connectivity index (χ2v) is 7.93. The van der Waals surface area contributed by atoms with Gasteiger partial charge in [0.1, 0.15) is 5.75 Å². The Kier molecular flexibility index (Phi) is 6.88. The van der Waals surface area contributed by atoms with Crippen molar-refractivity contribution >= 4 is 8.56 Å². The molecule has 1 atom stereocenters. The minimum atomic E-state index is -2.29. The summed E-state index contributed by atoms with van der Waals surface area (Å²) in [6.07, 6.45) is 4.84. The summed E-state index contributed by atoms with van der Waals surface area (Å²) in [6.45, 7) is 11.0. The molecule has 0 aliphatic heterocycles. The van der Waals surface area contributed by atoms with Crippen LogP contribution in [0.25, 0.3) is 0 Å². The van der Waals surface area contributed by atoms with Crippen LogP contribution in [-0.2, 0) is 4.43 Å². The molecule has 0 radical (unpaired) electrons. The normalized spacial score (nSPS) is 13.8. The Morgan fingerprint density at radius 3 is 2.58 bits per heavy atom. The van der Waals surface area contributed by atoms with Crippen LogP contribution in [-0.4, -0.2) is 15.2 Å². The summed E-state index contributed by atoms with van der Waals surface area (Å²) >= 11 is 0. The minimum absolute atomic E-state index is 0.765. The van der Waals surface area contributed by atoms with E-state index in [1.165, 1.54) is 19.3 Å². The van der Waals surface area contributed by atoms with E-state index < -0.39 is 8.56 Å². The van der Waals surface area contributed by atoms with Crippen LogP contribution in [0.3, 0.4) is 0 Å². The quantitative estimate of drug-likeness (QED) is 0.478. The molecular weight excluding hydrogens is 252 g/mol. The van der Waals surface area contributed by atoms with Gasteiger partial charge in [0.05, 0.1) is 0 Å². The zero-order valence-electron chi connectivity index (χ0n) is 12.4. The van der Waals surface area contributed by atoms with Gasteiger partial charge in [0, 0.05) is 6.61 Å². The summed E-state index contributed by atoms with van der Waals surface area (Å²) in [5.74, 6) is 0.908. The topological polar surface area (TPSA) is 18.5 Å². The lowest BCUT2D eigenvalue weighted by Crippen LogP contribution is -2.40. The standard InChI is InChI=1S/C16H26O2Si/c1-5-7-8-11-14-17-19(4,6-2)18-16-13-10-9-12-15(16)3/h6,9-10,12-13H,2,5,7-8,11,14H2,1,3-4H3. The van der Waals surface area contributed by atoms with Crippen LogP contribution >= 0.6 is 0 Å². The highest BCUT2D eigenvalue weighted by Crippen LogP contribution is 2.22. The maximum Gasteiger partial charge on any atom is 0.422 e. The predicted octanol–water partition coefficient (Wildman–Crippen LogP) is 4.77. The third-order valence-corrected chi connectivity index (χ3v) is 5.31. The zero-order valence-corrected chi connectivity index (χ0v) is 13.4. The lowest BCUT2D eigenvalue weighted by atomic mass is 10.2. The van der Waals surface area contributed by atoms with Crippen LogP contribution in [0.4, 0.5) is 0 Å². The van der Waals surface area contributed by atoms with Gasteiger partial charge in [0.2, 0.25) is 0 Å². The molecule has 1 rings (SSSR count). The summed E-state index contributed by atoms with van der Waals surface area (Å²) in [5, 5.41) is 0. The molecule has 0 aliphatic carbocycles. The van der Waals surface area contributed by atoms with Gasteiger partial charge in [-0.2, -0.15) is 0 Å². The Morgan fingerprint density at radius 2 is 1.95 bits per heavy atom. The first-order chi connectivity index (χ1) is 9.11. The third-order valence-electron chi connectivity index (χ3n) is 3.16. The molecule has 0 aliphatic rings. The number of benzene rings is 1. The first kappa shape index (κ1) is 16.0. The molecule has 0 heterocycles. The van der Waals surface area contributed by atoms with Gasteiger partial charge >= 0.3 is 8.56 Å². The van der Waals surface area contributed by atoms with Gasteiger partial charge in [-0.25, -0.2) is 0 Å². The van der Waals surface area contributed by atoms with E-state index in [1.807, 2.05) is 30.4 Å². The Labute approximate surface area is 118 Å². The van der Waals surface area contributed by atoms with Crippen molar-refractivity contribution < 1.29 is 8.85 Å². The zero-order chi connectivity index (χ0) is 14.1. The molecular formula is C16H26O2Si. The highest BCUT2D eigenvalue weighted by Gasteiger charge is 2.30. The Hall–Kier alpha value is -1.06. The molecule has 0 saturated carbocycles. The molecule has 1 aromatic carbocycles. The van der Waals surface area contributed by atoms with E-state index in [-0.39, 0.29) is 0 Å². The van der Waals surface area contributed by atoms with E-state index in [4.69, 9.17) is 8.85 Å². The number of rotatable bonds is 9. The van der Waals surface area contributed by atoms with Gasteiger partial charge < -0.3 is 8.85 Å². The van der Waals surface area contributed by atoms with Gasteiger partial charge in [0.15, 0.2) is 0 Å². The molecule has 3 heteroatoms. The highest BCUT2D eigenvalue weighted by atomic mass is 28.4. The summed E-state index contributed by atoms with van der Waals surface area (Å²) in [6, 6.07) is 8.04. The molecule has 0 spiro atoms. The molecule has 2 nitrogen and oxygen atoms in total. The van der Waals surface area contributed by atoms with Crippen LogP contribution < -0.4 is 4.43 Å². The van der Waals surface area contributed by atoms with Gasteiger partial charge in [-0.05, 0) is 37.2 Å². The van der Waals surface area contributed by atoms with Crippen molar-refractivity contribution in [3.8, 4) is 5.75 Å². The molecule has 0 N–H and O–H groups in total. The summed E-state index contributed by atoms with van der Waals surface area (Å²) in [5.41, 5.74) is 3.00. The maximum absolute atomic E-state index is 6.09. The molecule has 19 heavy (non-hydrogen) atoms. The third kappa shape index (κ3) is 5.62. The first-order valence-electron chi connectivity index (χ1n) is 7.13. The molecule has 0 saturated heterocycles.